The lowest BCUT2D eigenvalue weighted by molar-refractivity contribution is 0.0696. The van der Waals surface area contributed by atoms with Crippen LogP contribution in [0.2, 0.25) is 5.02 Å². The lowest BCUT2D eigenvalue weighted by Gasteiger charge is -2.06. The number of pyridine rings is 1. The van der Waals surface area contributed by atoms with Crippen molar-refractivity contribution in [2.75, 3.05) is 0 Å². The van der Waals surface area contributed by atoms with E-state index in [0.29, 0.717) is 5.02 Å². The molecule has 2 rings (SSSR count). The molecular formula is C13H11ClN2O4S. The van der Waals surface area contributed by atoms with Crippen molar-refractivity contribution in [3.05, 3.63) is 58.7 Å². The monoisotopic (exact) mass is 326 g/mol. The molecule has 6 nitrogen and oxygen atoms in total. The zero-order valence-electron chi connectivity index (χ0n) is 10.7. The van der Waals surface area contributed by atoms with Crippen LogP contribution in [0.25, 0.3) is 0 Å². The van der Waals surface area contributed by atoms with Gasteiger partial charge < -0.3 is 5.11 Å². The number of aromatic nitrogens is 1. The van der Waals surface area contributed by atoms with Gasteiger partial charge in [-0.3, -0.25) is 0 Å². The molecule has 0 bridgehead atoms. The Morgan fingerprint density at radius 3 is 2.38 bits per heavy atom. The molecule has 0 radical (unpaired) electrons. The number of nitrogens with zero attached hydrogens (tertiary/aromatic N) is 1. The van der Waals surface area contributed by atoms with Gasteiger partial charge in [-0.05, 0) is 29.8 Å². The number of hydrogen-bond donors (Lipinski definition) is 2. The van der Waals surface area contributed by atoms with Crippen molar-refractivity contribution in [1.82, 2.24) is 9.71 Å². The van der Waals surface area contributed by atoms with E-state index >= 15 is 0 Å². The molecule has 0 saturated carbocycles. The van der Waals surface area contributed by atoms with Crippen LogP contribution in [0.4, 0.5) is 0 Å². The number of benzene rings is 1. The van der Waals surface area contributed by atoms with Crippen LogP contribution in [0.3, 0.4) is 0 Å². The van der Waals surface area contributed by atoms with Crippen molar-refractivity contribution in [2.24, 2.45) is 0 Å². The van der Waals surface area contributed by atoms with Crippen LogP contribution in [0.1, 0.15) is 15.9 Å². The van der Waals surface area contributed by atoms with E-state index in [4.69, 9.17) is 16.7 Å². The van der Waals surface area contributed by atoms with E-state index in [1.54, 1.807) is 24.3 Å². The van der Waals surface area contributed by atoms with Crippen molar-refractivity contribution >= 4 is 27.6 Å². The SMILES string of the molecule is O=C(O)c1ccc(S(=O)(=O)NCc2ccc(Cl)cc2)nc1. The van der Waals surface area contributed by atoms with Gasteiger partial charge in [0.05, 0.1) is 5.56 Å². The third-order valence-electron chi connectivity index (χ3n) is 2.64. The van der Waals surface area contributed by atoms with Crippen LogP contribution in [-0.4, -0.2) is 24.5 Å². The molecule has 0 saturated heterocycles. The summed E-state index contributed by atoms with van der Waals surface area (Å²) in [6.45, 7) is 0.0852. The van der Waals surface area contributed by atoms with E-state index in [2.05, 4.69) is 9.71 Å². The zero-order valence-corrected chi connectivity index (χ0v) is 12.2. The molecule has 1 aromatic heterocycles. The van der Waals surface area contributed by atoms with Gasteiger partial charge in [0.15, 0.2) is 5.03 Å². The van der Waals surface area contributed by atoms with Crippen molar-refractivity contribution in [3.63, 3.8) is 0 Å². The van der Waals surface area contributed by atoms with Crippen LogP contribution in [0.5, 0.6) is 0 Å². The van der Waals surface area contributed by atoms with Gasteiger partial charge >= 0.3 is 5.97 Å². The predicted molar refractivity (Wildman–Crippen MR) is 76.7 cm³/mol. The van der Waals surface area contributed by atoms with Crippen LogP contribution < -0.4 is 4.72 Å². The van der Waals surface area contributed by atoms with E-state index < -0.39 is 16.0 Å². The van der Waals surface area contributed by atoms with E-state index in [0.717, 1.165) is 17.8 Å². The number of nitrogens with one attached hydrogen (secondary N) is 1. The van der Waals surface area contributed by atoms with Crippen molar-refractivity contribution in [2.45, 2.75) is 11.6 Å². The summed E-state index contributed by atoms with van der Waals surface area (Å²) in [6.07, 6.45) is 0.999. The fourth-order valence-corrected chi connectivity index (χ4v) is 2.59. The van der Waals surface area contributed by atoms with Crippen molar-refractivity contribution in [1.29, 1.82) is 0 Å². The summed E-state index contributed by atoms with van der Waals surface area (Å²) in [7, 11) is -3.80. The quantitative estimate of drug-likeness (QED) is 0.875. The normalized spacial score (nSPS) is 11.3. The fraction of sp³-hybridized carbons (Fsp3) is 0.0769. The summed E-state index contributed by atoms with van der Waals surface area (Å²) in [4.78, 5) is 14.3. The summed E-state index contributed by atoms with van der Waals surface area (Å²) < 4.78 is 26.4. The maximum atomic E-state index is 12.0. The highest BCUT2D eigenvalue weighted by atomic mass is 35.5. The molecule has 0 aliphatic heterocycles. The lowest BCUT2D eigenvalue weighted by atomic mass is 10.2. The number of aromatic carboxylic acids is 1. The second-order valence-corrected chi connectivity index (χ2v) is 6.29. The molecular weight excluding hydrogens is 316 g/mol. The molecule has 0 aliphatic rings. The Morgan fingerprint density at radius 2 is 1.86 bits per heavy atom. The lowest BCUT2D eigenvalue weighted by Crippen LogP contribution is -2.24. The highest BCUT2D eigenvalue weighted by Gasteiger charge is 2.16. The third-order valence-corrected chi connectivity index (χ3v) is 4.21. The Morgan fingerprint density at radius 1 is 1.19 bits per heavy atom. The summed E-state index contributed by atoms with van der Waals surface area (Å²) in [6, 6.07) is 9.05. The highest BCUT2D eigenvalue weighted by Crippen LogP contribution is 2.11. The molecule has 0 fully saturated rings. The van der Waals surface area contributed by atoms with E-state index in [1.807, 2.05) is 0 Å². The minimum atomic E-state index is -3.80. The number of hydrogen-bond acceptors (Lipinski definition) is 4. The second kappa shape index (κ2) is 6.21. The number of halogens is 1. The molecule has 0 atom stereocenters. The van der Waals surface area contributed by atoms with E-state index in [-0.39, 0.29) is 17.1 Å². The standard InChI is InChI=1S/C13H11ClN2O4S/c14-11-4-1-9(2-5-11)7-16-21(19,20)12-6-3-10(8-15-12)13(17)18/h1-6,8,16H,7H2,(H,17,18). The molecule has 1 heterocycles. The molecule has 0 spiro atoms. The predicted octanol–water partition coefficient (Wildman–Crippen LogP) is 1.91. The van der Waals surface area contributed by atoms with Gasteiger partial charge in [-0.2, -0.15) is 0 Å². The molecule has 0 unspecified atom stereocenters. The minimum Gasteiger partial charge on any atom is -0.478 e. The number of carbonyl (C=O) groups is 1. The Labute approximate surface area is 126 Å². The van der Waals surface area contributed by atoms with Crippen LogP contribution in [0.15, 0.2) is 47.6 Å². The van der Waals surface area contributed by atoms with E-state index in [1.165, 1.54) is 6.07 Å². The molecule has 21 heavy (non-hydrogen) atoms. The molecule has 2 N–H and O–H groups in total. The first-order chi connectivity index (χ1) is 9.88. The van der Waals surface area contributed by atoms with Gasteiger partial charge in [0.1, 0.15) is 0 Å². The van der Waals surface area contributed by atoms with Crippen molar-refractivity contribution in [3.8, 4) is 0 Å². The fourth-order valence-electron chi connectivity index (χ4n) is 1.52. The summed E-state index contributed by atoms with van der Waals surface area (Å²) in [5, 5.41) is 9.06. The third kappa shape index (κ3) is 4.01. The average molecular weight is 327 g/mol. The van der Waals surface area contributed by atoms with Crippen LogP contribution >= 0.6 is 11.6 Å². The van der Waals surface area contributed by atoms with Crippen LogP contribution in [-0.2, 0) is 16.6 Å². The van der Waals surface area contributed by atoms with Gasteiger partial charge in [-0.25, -0.2) is 22.9 Å². The van der Waals surface area contributed by atoms with Crippen molar-refractivity contribution < 1.29 is 18.3 Å². The Bertz CT molecular complexity index is 743. The first-order valence-electron chi connectivity index (χ1n) is 5.82. The number of rotatable bonds is 5. The van der Waals surface area contributed by atoms with Crippen LogP contribution in [0, 0.1) is 0 Å². The minimum absolute atomic E-state index is 0.0772. The maximum Gasteiger partial charge on any atom is 0.337 e. The van der Waals surface area contributed by atoms with Gasteiger partial charge in [0.25, 0.3) is 10.0 Å². The summed E-state index contributed by atoms with van der Waals surface area (Å²) in [5.74, 6) is -1.17. The molecule has 110 valence electrons. The zero-order chi connectivity index (χ0) is 15.5. The largest absolute Gasteiger partial charge is 0.478 e. The van der Waals surface area contributed by atoms with Gasteiger partial charge in [0, 0.05) is 17.8 Å². The molecule has 1 aromatic carbocycles. The second-order valence-electron chi connectivity index (χ2n) is 4.14. The van der Waals surface area contributed by atoms with Gasteiger partial charge in [-0.1, -0.05) is 23.7 Å². The van der Waals surface area contributed by atoms with Gasteiger partial charge in [0.2, 0.25) is 0 Å². The Hall–Kier alpha value is -1.96. The summed E-state index contributed by atoms with van der Waals surface area (Å²) >= 11 is 5.74. The number of carboxylic acids is 1. The molecule has 2 aromatic rings. The molecule has 0 amide bonds. The summed E-state index contributed by atoms with van der Waals surface area (Å²) in [5.41, 5.74) is 0.664. The molecule has 0 aliphatic carbocycles. The number of sulfonamides is 1. The first kappa shape index (κ1) is 15.4. The Kier molecular flexibility index (Phi) is 4.56. The Balaban J connectivity index is 2.11. The maximum absolute atomic E-state index is 12.0. The highest BCUT2D eigenvalue weighted by molar-refractivity contribution is 7.89. The topological polar surface area (TPSA) is 96.4 Å². The number of carboxylic acid groups (broad SMARTS) is 1. The first-order valence-corrected chi connectivity index (χ1v) is 7.68. The smallest absolute Gasteiger partial charge is 0.337 e. The average Bonchev–Trinajstić information content (AvgIpc) is 2.47. The van der Waals surface area contributed by atoms with Gasteiger partial charge in [-0.15, -0.1) is 0 Å². The molecule has 8 heteroatoms. The van der Waals surface area contributed by atoms with E-state index in [9.17, 15) is 13.2 Å².